The number of ether oxygens (including phenoxy) is 2. The summed E-state index contributed by atoms with van der Waals surface area (Å²) in [4.78, 5) is 36.9. The number of ketones is 2. The van der Waals surface area contributed by atoms with Crippen molar-refractivity contribution in [3.63, 3.8) is 0 Å². The summed E-state index contributed by atoms with van der Waals surface area (Å²) in [6.45, 7) is 0.275. The average molecular weight is 444 g/mol. The SMILES string of the molecule is O=C1CCCC2=C1C(c1cccc(OCc3ccc(C(=O)O)cc3)c1)C1=C(CCCC1=O)O2. The second-order valence-electron chi connectivity index (χ2n) is 8.63. The first kappa shape index (κ1) is 21.2. The molecule has 3 aliphatic rings. The van der Waals surface area contributed by atoms with Crippen LogP contribution in [0.4, 0.5) is 0 Å². The van der Waals surface area contributed by atoms with E-state index < -0.39 is 11.9 Å². The van der Waals surface area contributed by atoms with E-state index >= 15 is 0 Å². The second kappa shape index (κ2) is 8.70. The third-order valence-corrected chi connectivity index (χ3v) is 6.44. The van der Waals surface area contributed by atoms with Crippen LogP contribution in [0.2, 0.25) is 0 Å². The summed E-state index contributed by atoms with van der Waals surface area (Å²) in [7, 11) is 0. The normalized spacial score (nSPS) is 18.5. The highest BCUT2D eigenvalue weighted by Crippen LogP contribution is 2.48. The van der Waals surface area contributed by atoms with E-state index in [0.29, 0.717) is 42.6 Å². The maximum atomic E-state index is 12.9. The van der Waals surface area contributed by atoms with Crippen LogP contribution in [-0.4, -0.2) is 22.6 Å². The van der Waals surface area contributed by atoms with Crippen LogP contribution in [-0.2, 0) is 20.9 Å². The van der Waals surface area contributed by atoms with Crippen molar-refractivity contribution in [3.05, 3.63) is 87.9 Å². The Kier molecular flexibility index (Phi) is 5.58. The van der Waals surface area contributed by atoms with Gasteiger partial charge in [0.15, 0.2) is 11.6 Å². The molecule has 0 spiro atoms. The Morgan fingerprint density at radius 3 is 2.15 bits per heavy atom. The van der Waals surface area contributed by atoms with E-state index in [0.717, 1.165) is 35.5 Å². The summed E-state index contributed by atoms with van der Waals surface area (Å²) in [6, 6.07) is 14.1. The van der Waals surface area contributed by atoms with Gasteiger partial charge in [-0.3, -0.25) is 9.59 Å². The van der Waals surface area contributed by atoms with Crippen LogP contribution in [0.5, 0.6) is 5.75 Å². The summed E-state index contributed by atoms with van der Waals surface area (Å²) in [5.74, 6) is 0.777. The molecule has 0 saturated heterocycles. The monoisotopic (exact) mass is 444 g/mol. The van der Waals surface area contributed by atoms with Gasteiger partial charge in [0.2, 0.25) is 0 Å². The van der Waals surface area contributed by atoms with Crippen molar-refractivity contribution in [2.24, 2.45) is 0 Å². The molecular formula is C27H24O6. The van der Waals surface area contributed by atoms with Crippen molar-refractivity contribution < 1.29 is 29.0 Å². The van der Waals surface area contributed by atoms with Gasteiger partial charge in [0.05, 0.1) is 5.56 Å². The number of Topliss-reactive ketones (excluding diaryl/α,β-unsaturated/α-hetero) is 2. The molecule has 0 unspecified atom stereocenters. The first-order valence-corrected chi connectivity index (χ1v) is 11.3. The van der Waals surface area contributed by atoms with E-state index in [4.69, 9.17) is 14.6 Å². The molecule has 2 aromatic carbocycles. The van der Waals surface area contributed by atoms with Gasteiger partial charge >= 0.3 is 5.97 Å². The molecule has 0 saturated carbocycles. The van der Waals surface area contributed by atoms with Gasteiger partial charge in [-0.25, -0.2) is 4.79 Å². The minimum Gasteiger partial charge on any atom is -0.489 e. The van der Waals surface area contributed by atoms with E-state index in [1.165, 1.54) is 0 Å². The molecule has 0 atom stereocenters. The molecule has 0 fully saturated rings. The predicted molar refractivity (Wildman–Crippen MR) is 120 cm³/mol. The summed E-state index contributed by atoms with van der Waals surface area (Å²) < 4.78 is 12.1. The van der Waals surface area contributed by atoms with E-state index in [1.807, 2.05) is 24.3 Å². The zero-order valence-corrected chi connectivity index (χ0v) is 18.1. The van der Waals surface area contributed by atoms with Gasteiger partial charge in [-0.1, -0.05) is 24.3 Å². The predicted octanol–water partition coefficient (Wildman–Crippen LogP) is 5.09. The quantitative estimate of drug-likeness (QED) is 0.691. The number of aromatic carboxylic acids is 1. The lowest BCUT2D eigenvalue weighted by Gasteiger charge is -2.36. The second-order valence-corrected chi connectivity index (χ2v) is 8.63. The highest BCUT2D eigenvalue weighted by Gasteiger charge is 2.41. The highest BCUT2D eigenvalue weighted by molar-refractivity contribution is 6.05. The lowest BCUT2D eigenvalue weighted by atomic mass is 9.73. The van der Waals surface area contributed by atoms with Gasteiger partial charge < -0.3 is 14.6 Å². The van der Waals surface area contributed by atoms with Crippen LogP contribution < -0.4 is 4.74 Å². The number of carboxylic acids is 1. The van der Waals surface area contributed by atoms with Crippen LogP contribution in [0.1, 0.15) is 65.9 Å². The Labute approximate surface area is 191 Å². The van der Waals surface area contributed by atoms with Crippen LogP contribution in [0, 0.1) is 0 Å². The summed E-state index contributed by atoms with van der Waals surface area (Å²) >= 11 is 0. The number of benzene rings is 2. The van der Waals surface area contributed by atoms with Crippen molar-refractivity contribution in [3.8, 4) is 5.75 Å². The molecule has 0 aromatic heterocycles. The molecule has 1 N–H and O–H groups in total. The molecular weight excluding hydrogens is 420 g/mol. The number of hydrogen-bond donors (Lipinski definition) is 1. The smallest absolute Gasteiger partial charge is 0.335 e. The van der Waals surface area contributed by atoms with Gasteiger partial charge in [-0.15, -0.1) is 0 Å². The van der Waals surface area contributed by atoms with E-state index in [9.17, 15) is 14.4 Å². The van der Waals surface area contributed by atoms with Crippen molar-refractivity contribution in [1.29, 1.82) is 0 Å². The zero-order valence-electron chi connectivity index (χ0n) is 18.1. The molecule has 6 nitrogen and oxygen atoms in total. The Morgan fingerprint density at radius 2 is 1.55 bits per heavy atom. The number of hydrogen-bond acceptors (Lipinski definition) is 5. The summed E-state index contributed by atoms with van der Waals surface area (Å²) in [6.07, 6.45) is 3.90. The largest absolute Gasteiger partial charge is 0.489 e. The molecule has 1 aliphatic heterocycles. The Bertz CT molecular complexity index is 1160. The molecule has 2 aliphatic carbocycles. The van der Waals surface area contributed by atoms with E-state index in [2.05, 4.69) is 0 Å². The van der Waals surface area contributed by atoms with Crippen LogP contribution >= 0.6 is 0 Å². The van der Waals surface area contributed by atoms with E-state index in [-0.39, 0.29) is 23.7 Å². The van der Waals surface area contributed by atoms with Crippen molar-refractivity contribution in [2.45, 2.75) is 51.0 Å². The summed E-state index contributed by atoms with van der Waals surface area (Å²) in [5, 5.41) is 9.04. The van der Waals surface area contributed by atoms with Gasteiger partial charge in [-0.2, -0.15) is 0 Å². The fraction of sp³-hybridized carbons (Fsp3) is 0.296. The molecule has 1 heterocycles. The number of rotatable bonds is 5. The van der Waals surface area contributed by atoms with Gasteiger partial charge in [-0.05, 0) is 48.2 Å². The third-order valence-electron chi connectivity index (χ3n) is 6.44. The fourth-order valence-electron chi connectivity index (χ4n) is 4.85. The Hall–Kier alpha value is -3.67. The molecule has 6 heteroatoms. The maximum Gasteiger partial charge on any atom is 0.335 e. The van der Waals surface area contributed by atoms with Crippen LogP contribution in [0.25, 0.3) is 0 Å². The average Bonchev–Trinajstić information content (AvgIpc) is 2.82. The minimum atomic E-state index is -0.969. The van der Waals surface area contributed by atoms with Gasteiger partial charge in [0.25, 0.3) is 0 Å². The molecule has 0 bridgehead atoms. The maximum absolute atomic E-state index is 12.9. The number of carboxylic acid groups (broad SMARTS) is 1. The molecule has 2 aromatic rings. The van der Waals surface area contributed by atoms with Crippen molar-refractivity contribution in [1.82, 2.24) is 0 Å². The van der Waals surface area contributed by atoms with Crippen LogP contribution in [0.15, 0.2) is 71.2 Å². The van der Waals surface area contributed by atoms with Crippen molar-refractivity contribution >= 4 is 17.5 Å². The number of carbonyl (C=O) groups is 3. The highest BCUT2D eigenvalue weighted by atomic mass is 16.5. The molecule has 168 valence electrons. The molecule has 0 radical (unpaired) electrons. The Morgan fingerprint density at radius 1 is 0.909 bits per heavy atom. The number of carbonyl (C=O) groups excluding carboxylic acids is 2. The van der Waals surface area contributed by atoms with Gasteiger partial charge in [0, 0.05) is 42.7 Å². The molecule has 5 rings (SSSR count). The third kappa shape index (κ3) is 4.09. The fourth-order valence-corrected chi connectivity index (χ4v) is 4.85. The standard InChI is InChI=1S/C27H24O6/c28-20-6-2-8-22-25(20)24(26-21(29)7-3-9-23(26)33-22)18-4-1-5-19(14-18)32-15-16-10-12-17(13-11-16)27(30)31/h1,4-5,10-14,24H,2-3,6-9,15H2,(H,30,31). The van der Waals surface area contributed by atoms with E-state index in [1.54, 1.807) is 24.3 Å². The summed E-state index contributed by atoms with van der Waals surface area (Å²) in [5.41, 5.74) is 3.16. The minimum absolute atomic E-state index is 0.0519. The molecule has 0 amide bonds. The van der Waals surface area contributed by atoms with Crippen LogP contribution in [0.3, 0.4) is 0 Å². The molecule has 33 heavy (non-hydrogen) atoms. The first-order chi connectivity index (χ1) is 16.0. The van der Waals surface area contributed by atoms with Crippen molar-refractivity contribution in [2.75, 3.05) is 0 Å². The zero-order chi connectivity index (χ0) is 22.9. The lowest BCUT2D eigenvalue weighted by molar-refractivity contribution is -0.117. The Balaban J connectivity index is 1.45. The topological polar surface area (TPSA) is 89.9 Å². The first-order valence-electron chi connectivity index (χ1n) is 11.3. The lowest BCUT2D eigenvalue weighted by Crippen LogP contribution is -2.30. The van der Waals surface area contributed by atoms with Gasteiger partial charge in [0.1, 0.15) is 23.9 Å². The number of allylic oxidation sites excluding steroid dienone is 4.